The highest BCUT2D eigenvalue weighted by molar-refractivity contribution is 7.89. The van der Waals surface area contributed by atoms with Gasteiger partial charge in [0, 0.05) is 41.2 Å². The number of anilines is 2. The second kappa shape index (κ2) is 8.00. The Kier molecular flexibility index (Phi) is 5.43. The molecule has 150 valence electrons. The Morgan fingerprint density at radius 3 is 2.48 bits per heavy atom. The van der Waals surface area contributed by atoms with Crippen molar-refractivity contribution in [3.05, 3.63) is 81.5 Å². The van der Waals surface area contributed by atoms with Gasteiger partial charge >= 0.3 is 0 Å². The van der Waals surface area contributed by atoms with E-state index in [2.05, 4.69) is 21.7 Å². The molecule has 1 amide bonds. The van der Waals surface area contributed by atoms with E-state index in [4.69, 9.17) is 0 Å². The lowest BCUT2D eigenvalue weighted by molar-refractivity contribution is 0.102. The first kappa shape index (κ1) is 19.7. The third-order valence-electron chi connectivity index (χ3n) is 4.94. The maximum Gasteiger partial charge on any atom is 0.255 e. The van der Waals surface area contributed by atoms with E-state index in [0.29, 0.717) is 11.1 Å². The molecular weight excluding hydrogens is 404 g/mol. The lowest BCUT2D eigenvalue weighted by Crippen LogP contribution is -2.29. The molecule has 0 aliphatic carbocycles. The van der Waals surface area contributed by atoms with Crippen LogP contribution in [0, 0.1) is 0 Å². The molecule has 5 nitrogen and oxygen atoms in total. The number of carbonyl (C=O) groups is 1. The van der Waals surface area contributed by atoms with Gasteiger partial charge in [-0.3, -0.25) is 4.79 Å². The van der Waals surface area contributed by atoms with Crippen LogP contribution in [0.4, 0.5) is 11.4 Å². The maximum absolute atomic E-state index is 12.5. The Bertz CT molecular complexity index is 1120. The average Bonchev–Trinajstić information content (AvgIpc) is 3.15. The zero-order valence-corrected chi connectivity index (χ0v) is 17.7. The second-order valence-electron chi connectivity index (χ2n) is 7.31. The van der Waals surface area contributed by atoms with Crippen molar-refractivity contribution >= 4 is 38.5 Å². The summed E-state index contributed by atoms with van der Waals surface area (Å²) in [6.07, 6.45) is 2.27. The van der Waals surface area contributed by atoms with E-state index in [9.17, 15) is 13.2 Å². The van der Waals surface area contributed by atoms with Crippen molar-refractivity contribution in [3.8, 4) is 0 Å². The van der Waals surface area contributed by atoms with Gasteiger partial charge < -0.3 is 10.2 Å². The van der Waals surface area contributed by atoms with Crippen molar-refractivity contribution in [1.82, 2.24) is 0 Å². The minimum absolute atomic E-state index is 0.0280. The van der Waals surface area contributed by atoms with E-state index in [1.165, 1.54) is 16.7 Å². The summed E-state index contributed by atoms with van der Waals surface area (Å²) in [6.45, 7) is 1.92. The van der Waals surface area contributed by atoms with Crippen LogP contribution in [0.3, 0.4) is 0 Å². The van der Waals surface area contributed by atoms with E-state index in [-0.39, 0.29) is 11.7 Å². The zero-order chi connectivity index (χ0) is 20.4. The molecule has 0 saturated heterocycles. The average molecular weight is 427 g/mol. The first-order chi connectivity index (χ1) is 13.9. The highest BCUT2D eigenvalue weighted by Crippen LogP contribution is 2.28. The molecule has 0 fully saturated rings. The fourth-order valence-electron chi connectivity index (χ4n) is 3.48. The van der Waals surface area contributed by atoms with Crippen molar-refractivity contribution in [1.29, 1.82) is 0 Å². The monoisotopic (exact) mass is 426 g/mol. The molecule has 2 heterocycles. The normalized spacial score (nSPS) is 13.8. The molecule has 1 aliphatic heterocycles. The maximum atomic E-state index is 12.5. The summed E-state index contributed by atoms with van der Waals surface area (Å²) in [4.78, 5) is 16.3. The summed E-state index contributed by atoms with van der Waals surface area (Å²) in [5.74, 6) is -0.246. The Morgan fingerprint density at radius 2 is 1.79 bits per heavy atom. The first-order valence-electron chi connectivity index (χ1n) is 9.36. The highest BCUT2D eigenvalue weighted by atomic mass is 32.2. The van der Waals surface area contributed by atoms with Gasteiger partial charge in [0.2, 0.25) is 0 Å². The zero-order valence-electron chi connectivity index (χ0n) is 16.1. The van der Waals surface area contributed by atoms with Gasteiger partial charge in [-0.15, -0.1) is 11.3 Å². The van der Waals surface area contributed by atoms with Gasteiger partial charge in [0.1, 0.15) is 0 Å². The number of nitrogens with one attached hydrogen (secondary N) is 1. The molecular formula is C22H22N2O3S2. The fraction of sp³-hybridized carbons (Fsp3) is 0.227. The van der Waals surface area contributed by atoms with Crippen LogP contribution in [-0.2, 0) is 28.6 Å². The van der Waals surface area contributed by atoms with Crippen molar-refractivity contribution < 1.29 is 13.2 Å². The molecule has 1 N–H and O–H groups in total. The van der Waals surface area contributed by atoms with Crippen LogP contribution in [0.25, 0.3) is 0 Å². The van der Waals surface area contributed by atoms with Crippen LogP contribution in [0.5, 0.6) is 0 Å². The third kappa shape index (κ3) is 4.86. The summed E-state index contributed by atoms with van der Waals surface area (Å²) < 4.78 is 22.7. The van der Waals surface area contributed by atoms with Gasteiger partial charge in [-0.2, -0.15) is 0 Å². The standard InChI is InChI=1S/C22H22N2O3S2/c1-29(26,27)15-16-2-4-17(5-3-16)22(25)23-19-6-8-20(9-7-19)24-12-10-21-18(14-24)11-13-28-21/h2-9,11,13H,10,12,14-15H2,1H3,(H,23,25). The van der Waals surface area contributed by atoms with Gasteiger partial charge in [0.05, 0.1) is 5.75 Å². The van der Waals surface area contributed by atoms with Gasteiger partial charge in [-0.05, 0) is 65.4 Å². The van der Waals surface area contributed by atoms with Crippen molar-refractivity contribution in [2.75, 3.05) is 23.0 Å². The molecule has 2 aromatic carbocycles. The summed E-state index contributed by atoms with van der Waals surface area (Å²) in [6, 6.07) is 16.7. The molecule has 0 radical (unpaired) electrons. The van der Waals surface area contributed by atoms with Crippen LogP contribution >= 0.6 is 11.3 Å². The summed E-state index contributed by atoms with van der Waals surface area (Å²) >= 11 is 1.83. The quantitative estimate of drug-likeness (QED) is 0.667. The Labute approximate surface area is 174 Å². The molecule has 3 aromatic rings. The van der Waals surface area contributed by atoms with E-state index >= 15 is 0 Å². The first-order valence-corrected chi connectivity index (χ1v) is 12.3. The molecule has 7 heteroatoms. The largest absolute Gasteiger partial charge is 0.367 e. The van der Waals surface area contributed by atoms with Crippen molar-refractivity contribution in [3.63, 3.8) is 0 Å². The predicted molar refractivity (Wildman–Crippen MR) is 118 cm³/mol. The predicted octanol–water partition coefficient (Wildman–Crippen LogP) is 4.11. The summed E-state index contributed by atoms with van der Waals surface area (Å²) in [7, 11) is -3.09. The molecule has 1 aliphatic rings. The van der Waals surface area contributed by atoms with Gasteiger partial charge in [0.15, 0.2) is 9.84 Å². The van der Waals surface area contributed by atoms with Gasteiger partial charge in [0.25, 0.3) is 5.91 Å². The number of benzene rings is 2. The van der Waals surface area contributed by atoms with Crippen molar-refractivity contribution in [2.45, 2.75) is 18.7 Å². The number of rotatable bonds is 5. The smallest absolute Gasteiger partial charge is 0.255 e. The molecule has 4 rings (SSSR count). The molecule has 0 unspecified atom stereocenters. The number of nitrogens with zero attached hydrogens (tertiary/aromatic N) is 1. The number of hydrogen-bond acceptors (Lipinski definition) is 5. The van der Waals surface area contributed by atoms with Gasteiger partial charge in [-0.1, -0.05) is 12.1 Å². The van der Waals surface area contributed by atoms with E-state index in [0.717, 1.165) is 30.9 Å². The van der Waals surface area contributed by atoms with E-state index < -0.39 is 9.84 Å². The number of hydrogen-bond donors (Lipinski definition) is 1. The number of fused-ring (bicyclic) bond motifs is 1. The molecule has 1 aromatic heterocycles. The minimum atomic E-state index is -3.09. The number of amides is 1. The molecule has 0 spiro atoms. The Morgan fingerprint density at radius 1 is 1.07 bits per heavy atom. The lowest BCUT2D eigenvalue weighted by atomic mass is 10.1. The van der Waals surface area contributed by atoms with E-state index in [1.54, 1.807) is 24.3 Å². The highest BCUT2D eigenvalue weighted by Gasteiger charge is 2.17. The molecule has 0 saturated carbocycles. The second-order valence-corrected chi connectivity index (χ2v) is 10.4. The van der Waals surface area contributed by atoms with Gasteiger partial charge in [-0.25, -0.2) is 8.42 Å². The third-order valence-corrected chi connectivity index (χ3v) is 6.82. The topological polar surface area (TPSA) is 66.5 Å². The van der Waals surface area contributed by atoms with Crippen LogP contribution in [0.2, 0.25) is 0 Å². The Hall–Kier alpha value is -2.64. The fourth-order valence-corrected chi connectivity index (χ4v) is 5.17. The Balaban J connectivity index is 1.39. The minimum Gasteiger partial charge on any atom is -0.367 e. The van der Waals surface area contributed by atoms with Crippen LogP contribution < -0.4 is 10.2 Å². The SMILES string of the molecule is CS(=O)(=O)Cc1ccc(C(=O)Nc2ccc(N3CCc4sccc4C3)cc2)cc1. The summed E-state index contributed by atoms with van der Waals surface area (Å²) in [5, 5.41) is 5.05. The number of sulfone groups is 1. The van der Waals surface area contributed by atoms with Crippen LogP contribution in [0.1, 0.15) is 26.4 Å². The summed E-state index contributed by atoms with van der Waals surface area (Å²) in [5.41, 5.74) is 4.44. The molecule has 29 heavy (non-hydrogen) atoms. The van der Waals surface area contributed by atoms with Crippen LogP contribution in [-0.4, -0.2) is 27.1 Å². The molecule has 0 atom stereocenters. The van der Waals surface area contributed by atoms with Crippen molar-refractivity contribution in [2.24, 2.45) is 0 Å². The lowest BCUT2D eigenvalue weighted by Gasteiger charge is -2.29. The number of carbonyl (C=O) groups excluding carboxylic acids is 1. The molecule has 0 bridgehead atoms. The van der Waals surface area contributed by atoms with E-state index in [1.807, 2.05) is 35.6 Å². The van der Waals surface area contributed by atoms with Crippen LogP contribution in [0.15, 0.2) is 60.0 Å². The number of thiophene rings is 1.